The number of nitrogens with one attached hydrogen (secondary N) is 1. The van der Waals surface area contributed by atoms with E-state index in [0.717, 1.165) is 12.1 Å². The summed E-state index contributed by atoms with van der Waals surface area (Å²) < 4.78 is 39.0. The van der Waals surface area contributed by atoms with Gasteiger partial charge < -0.3 is 5.32 Å². The topological polar surface area (TPSA) is 55.2 Å². The summed E-state index contributed by atoms with van der Waals surface area (Å²) in [7, 11) is 0. The van der Waals surface area contributed by atoms with Crippen molar-refractivity contribution in [1.29, 1.82) is 0 Å². The molecule has 1 atom stereocenters. The average Bonchev–Trinajstić information content (AvgIpc) is 2.34. The van der Waals surface area contributed by atoms with Crippen LogP contribution in [0.2, 0.25) is 0 Å². The Labute approximate surface area is 115 Å². The quantitative estimate of drug-likeness (QED) is 0.643. The first-order valence-electron chi connectivity index (χ1n) is 6.29. The first-order chi connectivity index (χ1) is 9.16. The standard InChI is InChI=1S/C13H17F3N2O2/c1-4-11(8(2)3)17-12-6-5-9(18(19)20)7-10(12)13(14,15)16/h5-8,11,17H,4H2,1-3H3. The molecule has 20 heavy (non-hydrogen) atoms. The van der Waals surface area contributed by atoms with Crippen molar-refractivity contribution in [2.75, 3.05) is 5.32 Å². The summed E-state index contributed by atoms with van der Waals surface area (Å²) >= 11 is 0. The van der Waals surface area contributed by atoms with Crippen molar-refractivity contribution < 1.29 is 18.1 Å². The number of non-ortho nitro benzene ring substituents is 1. The van der Waals surface area contributed by atoms with E-state index in [9.17, 15) is 23.3 Å². The minimum atomic E-state index is -4.64. The van der Waals surface area contributed by atoms with E-state index >= 15 is 0 Å². The minimum absolute atomic E-state index is 0.122. The van der Waals surface area contributed by atoms with Gasteiger partial charge >= 0.3 is 6.18 Å². The summed E-state index contributed by atoms with van der Waals surface area (Å²) in [5, 5.41) is 13.4. The number of alkyl halides is 3. The molecule has 1 rings (SSSR count). The number of rotatable bonds is 5. The fourth-order valence-corrected chi connectivity index (χ4v) is 1.95. The smallest absolute Gasteiger partial charge is 0.382 e. The summed E-state index contributed by atoms with van der Waals surface area (Å²) in [6, 6.07) is 2.63. The summed E-state index contributed by atoms with van der Waals surface area (Å²) in [5.41, 5.74) is -1.70. The van der Waals surface area contributed by atoms with Crippen LogP contribution in [0.3, 0.4) is 0 Å². The first-order valence-corrected chi connectivity index (χ1v) is 6.29. The highest BCUT2D eigenvalue weighted by Crippen LogP contribution is 2.37. The van der Waals surface area contributed by atoms with Gasteiger partial charge in [-0.25, -0.2) is 0 Å². The zero-order valence-corrected chi connectivity index (χ0v) is 11.5. The molecule has 0 bridgehead atoms. The second kappa shape index (κ2) is 6.11. The zero-order valence-electron chi connectivity index (χ0n) is 11.5. The van der Waals surface area contributed by atoms with E-state index in [2.05, 4.69) is 5.32 Å². The number of halogens is 3. The number of nitro benzene ring substituents is 1. The molecule has 1 aromatic rings. The SMILES string of the molecule is CCC(Nc1ccc([N+](=O)[O-])cc1C(F)(F)F)C(C)C. The molecule has 0 aliphatic heterocycles. The molecule has 0 spiro atoms. The summed E-state index contributed by atoms with van der Waals surface area (Å²) in [6.07, 6.45) is -3.98. The van der Waals surface area contributed by atoms with Crippen LogP contribution in [0.25, 0.3) is 0 Å². The number of anilines is 1. The summed E-state index contributed by atoms with van der Waals surface area (Å²) in [5.74, 6) is 0.149. The fourth-order valence-electron chi connectivity index (χ4n) is 1.95. The third-order valence-corrected chi connectivity index (χ3v) is 3.10. The maximum absolute atomic E-state index is 13.0. The van der Waals surface area contributed by atoms with Crippen LogP contribution < -0.4 is 5.32 Å². The van der Waals surface area contributed by atoms with E-state index < -0.39 is 22.4 Å². The van der Waals surface area contributed by atoms with Gasteiger partial charge in [0.1, 0.15) is 0 Å². The highest BCUT2D eigenvalue weighted by molar-refractivity contribution is 5.58. The molecule has 0 saturated carbocycles. The van der Waals surface area contributed by atoms with Crippen LogP contribution in [-0.2, 0) is 6.18 Å². The Kier molecular flexibility index (Phi) is 4.97. The minimum Gasteiger partial charge on any atom is -0.382 e. The zero-order chi connectivity index (χ0) is 15.5. The predicted octanol–water partition coefficient (Wildman–Crippen LogP) is 4.46. The largest absolute Gasteiger partial charge is 0.418 e. The summed E-state index contributed by atoms with van der Waals surface area (Å²) in [4.78, 5) is 9.76. The number of benzene rings is 1. The van der Waals surface area contributed by atoms with Crippen LogP contribution in [0, 0.1) is 16.0 Å². The molecular formula is C13H17F3N2O2. The van der Waals surface area contributed by atoms with E-state index in [-0.39, 0.29) is 17.6 Å². The molecule has 1 unspecified atom stereocenters. The Morgan fingerprint density at radius 3 is 2.35 bits per heavy atom. The van der Waals surface area contributed by atoms with Crippen molar-refractivity contribution >= 4 is 11.4 Å². The lowest BCUT2D eigenvalue weighted by Crippen LogP contribution is -2.26. The van der Waals surface area contributed by atoms with Gasteiger partial charge in [-0.1, -0.05) is 20.8 Å². The molecule has 0 amide bonds. The monoisotopic (exact) mass is 290 g/mol. The van der Waals surface area contributed by atoms with E-state index in [4.69, 9.17) is 0 Å². The van der Waals surface area contributed by atoms with Gasteiger partial charge in [-0.2, -0.15) is 13.2 Å². The van der Waals surface area contributed by atoms with Gasteiger partial charge in [-0.3, -0.25) is 10.1 Å². The van der Waals surface area contributed by atoms with Crippen LogP contribution >= 0.6 is 0 Å². The van der Waals surface area contributed by atoms with Crippen molar-refractivity contribution in [3.8, 4) is 0 Å². The van der Waals surface area contributed by atoms with E-state index in [0.29, 0.717) is 12.5 Å². The first kappa shape index (κ1) is 16.3. The molecule has 0 heterocycles. The third kappa shape index (κ3) is 3.85. The highest BCUT2D eigenvalue weighted by atomic mass is 19.4. The van der Waals surface area contributed by atoms with Gasteiger partial charge in [0, 0.05) is 23.9 Å². The van der Waals surface area contributed by atoms with Crippen molar-refractivity contribution in [3.05, 3.63) is 33.9 Å². The average molecular weight is 290 g/mol. The third-order valence-electron chi connectivity index (χ3n) is 3.10. The number of nitro groups is 1. The van der Waals surface area contributed by atoms with Gasteiger partial charge in [0.25, 0.3) is 5.69 Å². The van der Waals surface area contributed by atoms with Gasteiger partial charge in [-0.05, 0) is 18.4 Å². The Morgan fingerprint density at radius 1 is 1.35 bits per heavy atom. The highest BCUT2D eigenvalue weighted by Gasteiger charge is 2.35. The molecule has 4 nitrogen and oxygen atoms in total. The molecule has 112 valence electrons. The molecule has 0 saturated heterocycles. The molecule has 0 aromatic heterocycles. The summed E-state index contributed by atoms with van der Waals surface area (Å²) in [6.45, 7) is 5.68. The molecule has 1 aromatic carbocycles. The number of nitrogens with zero attached hydrogens (tertiary/aromatic N) is 1. The second-order valence-corrected chi connectivity index (χ2v) is 4.89. The number of hydrogen-bond donors (Lipinski definition) is 1. The molecule has 7 heteroatoms. The van der Waals surface area contributed by atoms with E-state index in [1.54, 1.807) is 0 Å². The van der Waals surface area contributed by atoms with Gasteiger partial charge in [0.05, 0.1) is 10.5 Å². The van der Waals surface area contributed by atoms with Crippen molar-refractivity contribution in [2.45, 2.75) is 39.4 Å². The molecule has 1 N–H and O–H groups in total. The normalized spacial score (nSPS) is 13.3. The lowest BCUT2D eigenvalue weighted by atomic mass is 10.0. The van der Waals surface area contributed by atoms with Crippen molar-refractivity contribution in [3.63, 3.8) is 0 Å². The van der Waals surface area contributed by atoms with Crippen LogP contribution in [0.1, 0.15) is 32.8 Å². The van der Waals surface area contributed by atoms with E-state index in [1.165, 1.54) is 0 Å². The Morgan fingerprint density at radius 2 is 1.95 bits per heavy atom. The van der Waals surface area contributed by atoms with Crippen molar-refractivity contribution in [2.24, 2.45) is 5.92 Å². The molecule has 0 radical (unpaired) electrons. The number of hydrogen-bond acceptors (Lipinski definition) is 3. The van der Waals surface area contributed by atoms with E-state index in [1.807, 2.05) is 20.8 Å². The fraction of sp³-hybridized carbons (Fsp3) is 0.538. The van der Waals surface area contributed by atoms with Crippen LogP contribution in [0.4, 0.5) is 24.5 Å². The van der Waals surface area contributed by atoms with Gasteiger partial charge in [0.2, 0.25) is 0 Å². The molecule has 0 fully saturated rings. The van der Waals surface area contributed by atoms with Crippen LogP contribution in [0.15, 0.2) is 18.2 Å². The van der Waals surface area contributed by atoms with Gasteiger partial charge in [-0.15, -0.1) is 0 Å². The van der Waals surface area contributed by atoms with Crippen LogP contribution in [0.5, 0.6) is 0 Å². The Bertz CT molecular complexity index is 487. The second-order valence-electron chi connectivity index (χ2n) is 4.89. The Hall–Kier alpha value is -1.79. The predicted molar refractivity (Wildman–Crippen MR) is 70.6 cm³/mol. The lowest BCUT2D eigenvalue weighted by Gasteiger charge is -2.24. The van der Waals surface area contributed by atoms with Crippen LogP contribution in [-0.4, -0.2) is 11.0 Å². The Balaban J connectivity index is 3.22. The van der Waals surface area contributed by atoms with Gasteiger partial charge in [0.15, 0.2) is 0 Å². The lowest BCUT2D eigenvalue weighted by molar-refractivity contribution is -0.385. The maximum Gasteiger partial charge on any atom is 0.418 e. The molecule has 0 aliphatic rings. The molecule has 0 aliphatic carbocycles. The maximum atomic E-state index is 13.0. The molecular weight excluding hydrogens is 273 g/mol. The van der Waals surface area contributed by atoms with Crippen molar-refractivity contribution in [1.82, 2.24) is 0 Å².